The molecular weight excluding hydrogens is 336 g/mol. The Morgan fingerprint density at radius 1 is 1.20 bits per heavy atom. The molecule has 0 bridgehead atoms. The Balaban J connectivity index is 1.73. The number of thioether (sulfide) groups is 1. The molecule has 0 saturated heterocycles. The van der Waals surface area contributed by atoms with E-state index >= 15 is 0 Å². The van der Waals surface area contributed by atoms with E-state index in [4.69, 9.17) is 9.15 Å². The fourth-order valence-electron chi connectivity index (χ4n) is 2.51. The smallest absolute Gasteiger partial charge is 0.247 e. The first-order chi connectivity index (χ1) is 12.3. The van der Waals surface area contributed by atoms with E-state index in [0.29, 0.717) is 16.7 Å². The molecule has 1 unspecified atom stereocenters. The predicted octanol–water partition coefficient (Wildman–Crippen LogP) is 4.09. The van der Waals surface area contributed by atoms with Crippen LogP contribution in [0.1, 0.15) is 12.7 Å². The first-order valence-corrected chi connectivity index (χ1v) is 8.94. The lowest BCUT2D eigenvalue weighted by atomic mass is 10.1. The molecule has 1 N–H and O–H groups in total. The SMILES string of the molecule is CCSc1nnc2c(n1)OC(/C=C/c1ccco1)Nc1ccccc1-2. The van der Waals surface area contributed by atoms with Crippen LogP contribution in [-0.2, 0) is 0 Å². The number of nitrogens with one attached hydrogen (secondary N) is 1. The van der Waals surface area contributed by atoms with Gasteiger partial charge in [-0.1, -0.05) is 36.9 Å². The molecule has 3 aromatic rings. The summed E-state index contributed by atoms with van der Waals surface area (Å²) >= 11 is 1.53. The molecule has 0 spiro atoms. The quantitative estimate of drug-likeness (QED) is 0.709. The number of aromatic nitrogens is 3. The highest BCUT2D eigenvalue weighted by Gasteiger charge is 2.23. The molecule has 0 radical (unpaired) electrons. The fourth-order valence-corrected chi connectivity index (χ4v) is 3.02. The van der Waals surface area contributed by atoms with Gasteiger partial charge in [0.25, 0.3) is 0 Å². The Morgan fingerprint density at radius 3 is 2.96 bits per heavy atom. The molecule has 3 heterocycles. The zero-order valence-electron chi connectivity index (χ0n) is 13.5. The first-order valence-electron chi connectivity index (χ1n) is 7.95. The third kappa shape index (κ3) is 3.36. The summed E-state index contributed by atoms with van der Waals surface area (Å²) in [5.41, 5.74) is 2.47. The van der Waals surface area contributed by atoms with Crippen molar-refractivity contribution < 1.29 is 9.15 Å². The van der Waals surface area contributed by atoms with Gasteiger partial charge >= 0.3 is 0 Å². The molecule has 126 valence electrons. The highest BCUT2D eigenvalue weighted by molar-refractivity contribution is 7.99. The topological polar surface area (TPSA) is 73.1 Å². The second-order valence-corrected chi connectivity index (χ2v) is 6.52. The van der Waals surface area contributed by atoms with Crippen molar-refractivity contribution in [2.24, 2.45) is 0 Å². The number of benzene rings is 1. The van der Waals surface area contributed by atoms with Gasteiger partial charge in [0, 0.05) is 11.3 Å². The van der Waals surface area contributed by atoms with Crippen LogP contribution < -0.4 is 10.1 Å². The van der Waals surface area contributed by atoms with Crippen molar-refractivity contribution >= 4 is 23.5 Å². The summed E-state index contributed by atoms with van der Waals surface area (Å²) in [6.07, 6.45) is 4.99. The van der Waals surface area contributed by atoms with E-state index in [1.165, 1.54) is 11.8 Å². The van der Waals surface area contributed by atoms with Crippen LogP contribution in [0.4, 0.5) is 5.69 Å². The summed E-state index contributed by atoms with van der Waals surface area (Å²) in [7, 11) is 0. The van der Waals surface area contributed by atoms with Gasteiger partial charge in [0.15, 0.2) is 11.9 Å². The summed E-state index contributed by atoms with van der Waals surface area (Å²) in [5.74, 6) is 2.10. The maximum Gasteiger partial charge on any atom is 0.247 e. The first kappa shape index (κ1) is 15.7. The molecule has 1 atom stereocenters. The minimum absolute atomic E-state index is 0.399. The van der Waals surface area contributed by atoms with Crippen molar-refractivity contribution in [2.45, 2.75) is 18.3 Å². The van der Waals surface area contributed by atoms with Crippen LogP contribution in [-0.4, -0.2) is 27.2 Å². The lowest BCUT2D eigenvalue weighted by Gasteiger charge is -2.15. The highest BCUT2D eigenvalue weighted by atomic mass is 32.2. The van der Waals surface area contributed by atoms with Crippen LogP contribution in [0.25, 0.3) is 17.3 Å². The van der Waals surface area contributed by atoms with Crippen LogP contribution in [0, 0.1) is 0 Å². The van der Waals surface area contributed by atoms with Crippen molar-refractivity contribution in [1.29, 1.82) is 0 Å². The van der Waals surface area contributed by atoms with E-state index in [-0.39, 0.29) is 0 Å². The maximum absolute atomic E-state index is 6.06. The lowest BCUT2D eigenvalue weighted by molar-refractivity contribution is 0.266. The third-order valence-corrected chi connectivity index (χ3v) is 4.33. The lowest BCUT2D eigenvalue weighted by Crippen LogP contribution is -2.23. The summed E-state index contributed by atoms with van der Waals surface area (Å²) < 4.78 is 11.4. The van der Waals surface area contributed by atoms with Gasteiger partial charge in [-0.25, -0.2) is 0 Å². The number of para-hydroxylation sites is 1. The zero-order valence-corrected chi connectivity index (χ0v) is 14.4. The van der Waals surface area contributed by atoms with Gasteiger partial charge in [0.2, 0.25) is 11.0 Å². The van der Waals surface area contributed by atoms with E-state index in [9.17, 15) is 0 Å². The Hall–Kier alpha value is -2.80. The number of nitrogens with zero attached hydrogens (tertiary/aromatic N) is 3. The molecule has 1 aliphatic rings. The van der Waals surface area contributed by atoms with E-state index in [0.717, 1.165) is 22.8 Å². The summed E-state index contributed by atoms with van der Waals surface area (Å²) in [5, 5.41) is 12.5. The fraction of sp³-hybridized carbons (Fsp3) is 0.167. The van der Waals surface area contributed by atoms with Crippen molar-refractivity contribution in [3.63, 3.8) is 0 Å². The summed E-state index contributed by atoms with van der Waals surface area (Å²) in [6, 6.07) is 11.6. The van der Waals surface area contributed by atoms with Crippen molar-refractivity contribution in [1.82, 2.24) is 15.2 Å². The molecule has 25 heavy (non-hydrogen) atoms. The standard InChI is InChI=1S/C18H16N4O2S/c1-2-25-18-20-17-16(21-22-18)13-7-3-4-8-14(13)19-15(24-17)10-9-12-6-5-11-23-12/h3-11,15,19H,2H2,1H3/b10-9+. The van der Waals surface area contributed by atoms with Gasteiger partial charge in [-0.2, -0.15) is 4.98 Å². The molecule has 0 fully saturated rings. The number of fused-ring (bicyclic) bond motifs is 3. The Bertz CT molecular complexity index is 896. The van der Waals surface area contributed by atoms with Crippen molar-refractivity contribution in [3.05, 3.63) is 54.5 Å². The minimum atomic E-state index is -0.399. The Morgan fingerprint density at radius 2 is 2.12 bits per heavy atom. The summed E-state index contributed by atoms with van der Waals surface area (Å²) in [6.45, 7) is 2.05. The Kier molecular flexibility index (Phi) is 4.39. The van der Waals surface area contributed by atoms with Gasteiger partial charge in [-0.3, -0.25) is 0 Å². The molecule has 0 aliphatic carbocycles. The molecule has 1 aromatic carbocycles. The molecule has 7 heteroatoms. The molecule has 0 amide bonds. The summed E-state index contributed by atoms with van der Waals surface area (Å²) in [4.78, 5) is 4.53. The number of ether oxygens (including phenoxy) is 1. The van der Waals surface area contributed by atoms with Crippen molar-refractivity contribution in [3.8, 4) is 17.1 Å². The second-order valence-electron chi connectivity index (χ2n) is 5.28. The molecule has 0 saturated carbocycles. The number of hydrogen-bond donors (Lipinski definition) is 1. The number of anilines is 1. The van der Waals surface area contributed by atoms with Crippen molar-refractivity contribution in [2.75, 3.05) is 11.1 Å². The maximum atomic E-state index is 6.06. The van der Waals surface area contributed by atoms with Crippen LogP contribution >= 0.6 is 11.8 Å². The minimum Gasteiger partial charge on any atom is -0.465 e. The van der Waals surface area contributed by atoms with Crippen LogP contribution in [0.3, 0.4) is 0 Å². The normalized spacial score (nSPS) is 15.8. The second kappa shape index (κ2) is 6.98. The van der Waals surface area contributed by atoms with Gasteiger partial charge < -0.3 is 14.5 Å². The van der Waals surface area contributed by atoms with Crippen LogP contribution in [0.2, 0.25) is 0 Å². The molecule has 2 aromatic heterocycles. The number of rotatable bonds is 4. The average molecular weight is 352 g/mol. The zero-order chi connectivity index (χ0) is 17.1. The number of furan rings is 1. The Labute approximate surface area is 149 Å². The molecular formula is C18H16N4O2S. The van der Waals surface area contributed by atoms with E-state index < -0.39 is 6.23 Å². The van der Waals surface area contributed by atoms with Gasteiger partial charge in [0.1, 0.15) is 5.76 Å². The average Bonchev–Trinajstić information content (AvgIpc) is 3.09. The highest BCUT2D eigenvalue weighted by Crippen LogP contribution is 2.36. The predicted molar refractivity (Wildman–Crippen MR) is 97.4 cm³/mol. The van der Waals surface area contributed by atoms with E-state index in [1.54, 1.807) is 6.26 Å². The largest absolute Gasteiger partial charge is 0.465 e. The van der Waals surface area contributed by atoms with E-state index in [2.05, 4.69) is 20.5 Å². The van der Waals surface area contributed by atoms with Gasteiger partial charge in [-0.05, 0) is 36.1 Å². The molecule has 6 nitrogen and oxygen atoms in total. The van der Waals surface area contributed by atoms with E-state index in [1.807, 2.05) is 55.5 Å². The van der Waals surface area contributed by atoms with Crippen LogP contribution in [0.5, 0.6) is 5.88 Å². The monoisotopic (exact) mass is 352 g/mol. The molecule has 4 rings (SSSR count). The number of hydrogen-bond acceptors (Lipinski definition) is 7. The van der Waals surface area contributed by atoms with Gasteiger partial charge in [-0.15, -0.1) is 10.2 Å². The van der Waals surface area contributed by atoms with Crippen LogP contribution in [0.15, 0.2) is 58.3 Å². The third-order valence-electron chi connectivity index (χ3n) is 3.61. The molecule has 1 aliphatic heterocycles. The van der Waals surface area contributed by atoms with Gasteiger partial charge in [0.05, 0.1) is 6.26 Å².